The molecule has 0 aliphatic carbocycles. The van der Waals surface area contributed by atoms with Crippen molar-refractivity contribution in [2.75, 3.05) is 32.7 Å². The van der Waals surface area contributed by atoms with E-state index in [0.717, 1.165) is 19.1 Å². The number of nitrogens with zero attached hydrogens (tertiary/aromatic N) is 3. The fourth-order valence-corrected chi connectivity index (χ4v) is 3.75. The van der Waals surface area contributed by atoms with Crippen LogP contribution in [-0.4, -0.2) is 53.5 Å². The Morgan fingerprint density at radius 2 is 2.15 bits per heavy atom. The first-order valence-electron chi connectivity index (χ1n) is 7.88. The molecule has 0 saturated carbocycles. The fourth-order valence-electron chi connectivity index (χ4n) is 3.75. The molecule has 2 atom stereocenters. The average molecular weight is 274 g/mol. The summed E-state index contributed by atoms with van der Waals surface area (Å²) >= 11 is 0. The quantitative estimate of drug-likeness (QED) is 0.905. The predicted molar refractivity (Wildman–Crippen MR) is 81.6 cm³/mol. The van der Waals surface area contributed by atoms with Crippen LogP contribution in [0.1, 0.15) is 36.4 Å². The van der Waals surface area contributed by atoms with Crippen LogP contribution < -0.4 is 5.73 Å². The van der Waals surface area contributed by atoms with Crippen molar-refractivity contribution in [3.05, 3.63) is 29.6 Å². The summed E-state index contributed by atoms with van der Waals surface area (Å²) in [4.78, 5) is 9.52. The zero-order valence-corrected chi connectivity index (χ0v) is 12.5. The summed E-state index contributed by atoms with van der Waals surface area (Å²) in [6.45, 7) is 7.75. The Morgan fingerprint density at radius 3 is 2.85 bits per heavy atom. The SMILES string of the molecule is Cc1ccncc1C(CN)N1CCC(N2CCCC2)C1. The molecule has 0 amide bonds. The van der Waals surface area contributed by atoms with E-state index in [1.165, 1.54) is 43.5 Å². The summed E-state index contributed by atoms with van der Waals surface area (Å²) in [5.41, 5.74) is 8.68. The first kappa shape index (κ1) is 14.0. The molecule has 3 rings (SSSR count). The third-order valence-electron chi connectivity index (χ3n) is 4.95. The highest BCUT2D eigenvalue weighted by Crippen LogP contribution is 2.28. The van der Waals surface area contributed by atoms with E-state index in [4.69, 9.17) is 5.73 Å². The number of aryl methyl sites for hydroxylation is 1. The fraction of sp³-hybridized carbons (Fsp3) is 0.688. The Labute approximate surface area is 122 Å². The smallest absolute Gasteiger partial charge is 0.0489 e. The lowest BCUT2D eigenvalue weighted by atomic mass is 10.0. The molecule has 4 nitrogen and oxygen atoms in total. The molecule has 0 spiro atoms. The Hall–Kier alpha value is -0.970. The maximum Gasteiger partial charge on any atom is 0.0489 e. The van der Waals surface area contributed by atoms with Gasteiger partial charge in [0.25, 0.3) is 0 Å². The van der Waals surface area contributed by atoms with Crippen molar-refractivity contribution in [2.45, 2.75) is 38.3 Å². The lowest BCUT2D eigenvalue weighted by Gasteiger charge is -2.29. The molecular formula is C16H26N4. The van der Waals surface area contributed by atoms with Crippen LogP contribution in [0.15, 0.2) is 18.5 Å². The van der Waals surface area contributed by atoms with Crippen molar-refractivity contribution in [2.24, 2.45) is 5.73 Å². The number of rotatable bonds is 4. The van der Waals surface area contributed by atoms with Gasteiger partial charge < -0.3 is 5.73 Å². The van der Waals surface area contributed by atoms with Crippen LogP contribution in [0.2, 0.25) is 0 Å². The van der Waals surface area contributed by atoms with Gasteiger partial charge in [0.15, 0.2) is 0 Å². The Kier molecular flexibility index (Phi) is 4.34. The van der Waals surface area contributed by atoms with Crippen molar-refractivity contribution < 1.29 is 0 Å². The van der Waals surface area contributed by atoms with Crippen LogP contribution in [0.3, 0.4) is 0 Å². The molecule has 1 aromatic heterocycles. The third-order valence-corrected chi connectivity index (χ3v) is 4.95. The van der Waals surface area contributed by atoms with E-state index in [1.807, 2.05) is 12.4 Å². The molecule has 2 aliphatic heterocycles. The van der Waals surface area contributed by atoms with Gasteiger partial charge in [0, 0.05) is 44.1 Å². The highest BCUT2D eigenvalue weighted by atomic mass is 15.3. The van der Waals surface area contributed by atoms with E-state index < -0.39 is 0 Å². The Morgan fingerprint density at radius 1 is 1.35 bits per heavy atom. The Balaban J connectivity index is 1.70. The average Bonchev–Trinajstić information content (AvgIpc) is 3.12. The first-order chi connectivity index (χ1) is 9.79. The second-order valence-corrected chi connectivity index (χ2v) is 6.16. The van der Waals surface area contributed by atoms with Gasteiger partial charge in [0.05, 0.1) is 0 Å². The van der Waals surface area contributed by atoms with Gasteiger partial charge in [-0.05, 0) is 56.5 Å². The first-order valence-corrected chi connectivity index (χ1v) is 7.88. The van der Waals surface area contributed by atoms with Crippen molar-refractivity contribution >= 4 is 0 Å². The van der Waals surface area contributed by atoms with Crippen molar-refractivity contribution in [3.63, 3.8) is 0 Å². The molecule has 0 aromatic carbocycles. The van der Waals surface area contributed by atoms with Gasteiger partial charge in [-0.25, -0.2) is 0 Å². The molecular weight excluding hydrogens is 248 g/mol. The summed E-state index contributed by atoms with van der Waals surface area (Å²) in [7, 11) is 0. The van der Waals surface area contributed by atoms with Crippen LogP contribution in [0.25, 0.3) is 0 Å². The third kappa shape index (κ3) is 2.73. The zero-order valence-electron chi connectivity index (χ0n) is 12.5. The van der Waals surface area contributed by atoms with Gasteiger partial charge in [-0.3, -0.25) is 14.8 Å². The minimum absolute atomic E-state index is 0.330. The summed E-state index contributed by atoms with van der Waals surface area (Å²) in [5, 5.41) is 0. The van der Waals surface area contributed by atoms with Crippen LogP contribution in [-0.2, 0) is 0 Å². The van der Waals surface area contributed by atoms with Crippen LogP contribution in [0.4, 0.5) is 0 Å². The van der Waals surface area contributed by atoms with Crippen molar-refractivity contribution in [3.8, 4) is 0 Å². The molecule has 20 heavy (non-hydrogen) atoms. The lowest BCUT2D eigenvalue weighted by Crippen LogP contribution is -2.38. The number of hydrogen-bond acceptors (Lipinski definition) is 4. The summed E-state index contributed by atoms with van der Waals surface area (Å²) in [6.07, 6.45) is 7.90. The molecule has 2 fully saturated rings. The minimum atomic E-state index is 0.330. The van der Waals surface area contributed by atoms with Crippen molar-refractivity contribution in [1.29, 1.82) is 0 Å². The second-order valence-electron chi connectivity index (χ2n) is 6.16. The van der Waals surface area contributed by atoms with E-state index in [2.05, 4.69) is 27.8 Å². The molecule has 4 heteroatoms. The van der Waals surface area contributed by atoms with Crippen LogP contribution in [0, 0.1) is 6.92 Å². The van der Waals surface area contributed by atoms with Gasteiger partial charge in [0.1, 0.15) is 0 Å². The molecule has 3 heterocycles. The molecule has 1 aromatic rings. The maximum absolute atomic E-state index is 6.07. The summed E-state index contributed by atoms with van der Waals surface area (Å²) in [5.74, 6) is 0. The second kappa shape index (κ2) is 6.20. The molecule has 0 radical (unpaired) electrons. The highest BCUT2D eigenvalue weighted by molar-refractivity contribution is 5.25. The van der Waals surface area contributed by atoms with E-state index in [1.54, 1.807) is 0 Å². The zero-order chi connectivity index (χ0) is 13.9. The molecule has 110 valence electrons. The molecule has 2 N–H and O–H groups in total. The molecule has 2 saturated heterocycles. The number of aromatic nitrogens is 1. The number of pyridine rings is 1. The van der Waals surface area contributed by atoms with Crippen LogP contribution >= 0.6 is 0 Å². The van der Waals surface area contributed by atoms with Gasteiger partial charge in [0.2, 0.25) is 0 Å². The van der Waals surface area contributed by atoms with E-state index in [0.29, 0.717) is 12.6 Å². The van der Waals surface area contributed by atoms with E-state index >= 15 is 0 Å². The Bertz CT molecular complexity index is 442. The number of likely N-dealkylation sites (tertiary alicyclic amines) is 2. The van der Waals surface area contributed by atoms with Crippen molar-refractivity contribution in [1.82, 2.24) is 14.8 Å². The monoisotopic (exact) mass is 274 g/mol. The maximum atomic E-state index is 6.07. The van der Waals surface area contributed by atoms with Gasteiger partial charge in [-0.2, -0.15) is 0 Å². The largest absolute Gasteiger partial charge is 0.329 e. The lowest BCUT2D eigenvalue weighted by molar-refractivity contribution is 0.202. The van der Waals surface area contributed by atoms with E-state index in [9.17, 15) is 0 Å². The van der Waals surface area contributed by atoms with E-state index in [-0.39, 0.29) is 0 Å². The predicted octanol–water partition coefficient (Wildman–Crippen LogP) is 1.56. The van der Waals surface area contributed by atoms with Crippen LogP contribution in [0.5, 0.6) is 0 Å². The van der Waals surface area contributed by atoms with Gasteiger partial charge in [-0.15, -0.1) is 0 Å². The number of hydrogen-bond donors (Lipinski definition) is 1. The van der Waals surface area contributed by atoms with Gasteiger partial charge >= 0.3 is 0 Å². The minimum Gasteiger partial charge on any atom is -0.329 e. The highest BCUT2D eigenvalue weighted by Gasteiger charge is 2.33. The normalized spacial score (nSPS) is 26.2. The van der Waals surface area contributed by atoms with Gasteiger partial charge in [-0.1, -0.05) is 0 Å². The number of nitrogens with two attached hydrogens (primary N) is 1. The summed E-state index contributed by atoms with van der Waals surface area (Å²) in [6, 6.07) is 3.16. The molecule has 2 unspecified atom stereocenters. The standard InChI is InChI=1S/C16H26N4/c1-13-4-6-18-11-15(13)16(10-17)20-9-5-14(12-20)19-7-2-3-8-19/h4,6,11,14,16H,2-3,5,7-10,12,17H2,1H3. The topological polar surface area (TPSA) is 45.4 Å². The molecule has 2 aliphatic rings. The molecule has 0 bridgehead atoms. The summed E-state index contributed by atoms with van der Waals surface area (Å²) < 4.78 is 0.